The number of aliphatic carboxylic acids is 1. The van der Waals surface area contributed by atoms with Gasteiger partial charge in [-0.2, -0.15) is 0 Å². The summed E-state index contributed by atoms with van der Waals surface area (Å²) in [5, 5.41) is 22.0. The van der Waals surface area contributed by atoms with Gasteiger partial charge in [0.25, 0.3) is 0 Å². The van der Waals surface area contributed by atoms with Crippen molar-refractivity contribution in [3.8, 4) is 0 Å². The van der Waals surface area contributed by atoms with E-state index in [1.807, 2.05) is 47.6 Å². The van der Waals surface area contributed by atoms with Gasteiger partial charge < -0.3 is 40.7 Å². The van der Waals surface area contributed by atoms with E-state index in [0.29, 0.717) is 32.4 Å². The molecule has 0 aliphatic carbocycles. The van der Waals surface area contributed by atoms with Crippen LogP contribution in [0.5, 0.6) is 0 Å². The highest BCUT2D eigenvalue weighted by atomic mass is 16.5. The van der Waals surface area contributed by atoms with Gasteiger partial charge in [-0.15, -0.1) is 0 Å². The Hall–Kier alpha value is -3.39. The second-order valence-electron chi connectivity index (χ2n) is 15.4. The number of carboxylic acids is 1. The molecule has 8 atom stereocenters. The van der Waals surface area contributed by atoms with Gasteiger partial charge in [0, 0.05) is 40.7 Å². The van der Waals surface area contributed by atoms with Crippen molar-refractivity contribution in [2.45, 2.75) is 116 Å². The molecule has 0 saturated carbocycles. The monoisotopic (exact) mass is 731 g/mol. The number of methoxy groups -OCH3 is 2. The number of rotatable bonds is 22. The van der Waals surface area contributed by atoms with Crippen LogP contribution in [0.25, 0.3) is 0 Å². The van der Waals surface area contributed by atoms with Gasteiger partial charge in [0.1, 0.15) is 17.6 Å². The highest BCUT2D eigenvalue weighted by molar-refractivity contribution is 5.93. The topological polar surface area (TPSA) is 175 Å². The van der Waals surface area contributed by atoms with E-state index in [1.165, 1.54) is 14.2 Å². The number of carbonyl (C=O) groups excluding carboxylic acids is 4. The maximum absolute atomic E-state index is 14.6. The molecule has 294 valence electrons. The lowest BCUT2D eigenvalue weighted by molar-refractivity contribution is -0.148. The Balaban J connectivity index is 2.38. The molecule has 13 nitrogen and oxygen atoms in total. The zero-order chi connectivity index (χ0) is 39.4. The van der Waals surface area contributed by atoms with Crippen molar-refractivity contribution >= 4 is 29.5 Å². The van der Waals surface area contributed by atoms with Gasteiger partial charge >= 0.3 is 5.97 Å². The van der Waals surface area contributed by atoms with Crippen molar-refractivity contribution < 1.29 is 38.6 Å². The largest absolute Gasteiger partial charge is 0.480 e. The molecule has 52 heavy (non-hydrogen) atoms. The molecule has 3 amide bonds. The summed E-state index contributed by atoms with van der Waals surface area (Å²) in [6.07, 6.45) is 0.136. The lowest BCUT2D eigenvalue weighted by Crippen LogP contribution is -2.63. The lowest BCUT2D eigenvalue weighted by atomic mass is 9.76. The SMILES string of the molecule is CC[C@H](C)[C@@H]([C@@H](CC(=O)[C@@]1([C@H](OC)[C@@H](C)C(=O)N[C@@H](Cc2ccccc2)C(=O)O)CCCN1)OC)N(C)C(=O)[C@@H](NC(=O)C(C)(C)CNC)C(C)C. The van der Waals surface area contributed by atoms with E-state index >= 15 is 0 Å². The summed E-state index contributed by atoms with van der Waals surface area (Å²) in [5.41, 5.74) is -1.24. The van der Waals surface area contributed by atoms with Gasteiger partial charge in [-0.3, -0.25) is 19.2 Å². The predicted molar refractivity (Wildman–Crippen MR) is 201 cm³/mol. The van der Waals surface area contributed by atoms with Crippen LogP contribution < -0.4 is 21.3 Å². The highest BCUT2D eigenvalue weighted by Crippen LogP contribution is 2.34. The third-order valence-corrected chi connectivity index (χ3v) is 10.7. The van der Waals surface area contributed by atoms with E-state index in [4.69, 9.17) is 9.47 Å². The number of amides is 3. The number of nitrogens with one attached hydrogen (secondary N) is 4. The molecule has 1 aromatic carbocycles. The van der Waals surface area contributed by atoms with Crippen molar-refractivity contribution in [1.29, 1.82) is 0 Å². The molecule has 13 heteroatoms. The molecule has 0 bridgehead atoms. The summed E-state index contributed by atoms with van der Waals surface area (Å²) in [4.78, 5) is 69.5. The summed E-state index contributed by atoms with van der Waals surface area (Å²) in [6, 6.07) is 6.55. The van der Waals surface area contributed by atoms with E-state index in [1.54, 1.807) is 50.2 Å². The van der Waals surface area contributed by atoms with Crippen molar-refractivity contribution in [3.63, 3.8) is 0 Å². The molecule has 0 radical (unpaired) electrons. The number of nitrogens with zero attached hydrogens (tertiary/aromatic N) is 1. The molecule has 1 fully saturated rings. The van der Waals surface area contributed by atoms with Gasteiger partial charge in [-0.25, -0.2) is 4.79 Å². The van der Waals surface area contributed by atoms with Crippen LogP contribution in [0.3, 0.4) is 0 Å². The Labute approximate surface area is 310 Å². The fourth-order valence-electron chi connectivity index (χ4n) is 7.42. The normalized spacial score (nSPS) is 20.2. The second kappa shape index (κ2) is 20.2. The molecule has 0 unspecified atom stereocenters. The van der Waals surface area contributed by atoms with E-state index in [0.717, 1.165) is 5.56 Å². The third kappa shape index (κ3) is 11.1. The Morgan fingerprint density at radius 2 is 1.65 bits per heavy atom. The first kappa shape index (κ1) is 44.8. The van der Waals surface area contributed by atoms with Crippen LogP contribution >= 0.6 is 0 Å². The first-order valence-electron chi connectivity index (χ1n) is 18.5. The summed E-state index contributed by atoms with van der Waals surface area (Å²) in [7, 11) is 6.43. The second-order valence-corrected chi connectivity index (χ2v) is 15.4. The number of ketones is 1. The molecule has 1 saturated heterocycles. The Morgan fingerprint density at radius 3 is 2.13 bits per heavy atom. The van der Waals surface area contributed by atoms with Crippen LogP contribution in [0, 0.1) is 23.2 Å². The van der Waals surface area contributed by atoms with Gasteiger partial charge in [-0.05, 0) is 57.7 Å². The fourth-order valence-corrected chi connectivity index (χ4v) is 7.42. The maximum atomic E-state index is 14.6. The number of benzene rings is 1. The molecule has 1 aliphatic heterocycles. The number of likely N-dealkylation sites (N-methyl/N-ethyl adjacent to an activating group) is 1. The average molecular weight is 732 g/mol. The molecule has 1 aliphatic rings. The number of carboxylic acid groups (broad SMARTS) is 1. The standard InChI is InChI=1S/C39H65N5O8/c1-12-25(4)32(44(9)35(47)31(24(2)3)43-37(50)38(6,7)23-40-8)29(51-10)22-30(45)39(19-16-20-41-39)33(52-11)26(5)34(46)42-28(36(48)49)21-27-17-14-13-15-18-27/h13-15,17-18,24-26,28-29,31-33,40-41H,12,16,19-23H2,1-11H3,(H,42,46)(H,43,50)(H,48,49)/t25-,26+,28-,29+,31-,32-,33+,39+/m0/s1. The predicted octanol–water partition coefficient (Wildman–Crippen LogP) is 2.81. The lowest BCUT2D eigenvalue weighted by Gasteiger charge is -2.42. The quantitative estimate of drug-likeness (QED) is 0.119. The van der Waals surface area contributed by atoms with Crippen molar-refractivity contribution in [2.75, 3.05) is 41.4 Å². The molecule has 5 N–H and O–H groups in total. The Bertz CT molecular complexity index is 1330. The maximum Gasteiger partial charge on any atom is 0.326 e. The van der Waals surface area contributed by atoms with Crippen LogP contribution in [0.1, 0.15) is 79.7 Å². The van der Waals surface area contributed by atoms with Crippen LogP contribution in [0.2, 0.25) is 0 Å². The third-order valence-electron chi connectivity index (χ3n) is 10.7. The smallest absolute Gasteiger partial charge is 0.326 e. The van der Waals surface area contributed by atoms with Crippen LogP contribution in [0.15, 0.2) is 30.3 Å². The number of hydrogen-bond acceptors (Lipinski definition) is 9. The van der Waals surface area contributed by atoms with E-state index in [2.05, 4.69) is 21.3 Å². The first-order chi connectivity index (χ1) is 24.4. The van der Waals surface area contributed by atoms with E-state index in [9.17, 15) is 29.1 Å². The van der Waals surface area contributed by atoms with Crippen LogP contribution in [0.4, 0.5) is 0 Å². The minimum absolute atomic E-state index is 0.0794. The summed E-state index contributed by atoms with van der Waals surface area (Å²) >= 11 is 0. The van der Waals surface area contributed by atoms with Gasteiger partial charge in [-0.1, -0.05) is 71.4 Å². The van der Waals surface area contributed by atoms with Crippen molar-refractivity contribution in [2.24, 2.45) is 23.2 Å². The number of carbonyl (C=O) groups is 5. The zero-order valence-electron chi connectivity index (χ0n) is 33.2. The van der Waals surface area contributed by atoms with Gasteiger partial charge in [0.15, 0.2) is 5.78 Å². The van der Waals surface area contributed by atoms with Crippen LogP contribution in [-0.2, 0) is 39.9 Å². The van der Waals surface area contributed by atoms with Crippen molar-refractivity contribution in [1.82, 2.24) is 26.2 Å². The average Bonchev–Trinajstić information content (AvgIpc) is 3.60. The molecule has 2 rings (SSSR count). The molecular weight excluding hydrogens is 666 g/mol. The first-order valence-corrected chi connectivity index (χ1v) is 18.5. The molecule has 0 aromatic heterocycles. The number of hydrogen-bond donors (Lipinski definition) is 5. The summed E-state index contributed by atoms with van der Waals surface area (Å²) in [6.45, 7) is 14.0. The molecular formula is C39H65N5O8. The minimum Gasteiger partial charge on any atom is -0.480 e. The van der Waals surface area contributed by atoms with E-state index < -0.39 is 59.1 Å². The van der Waals surface area contributed by atoms with Gasteiger partial charge in [0.05, 0.1) is 29.6 Å². The summed E-state index contributed by atoms with van der Waals surface area (Å²) < 4.78 is 12.0. The molecule has 0 spiro atoms. The highest BCUT2D eigenvalue weighted by Gasteiger charge is 2.52. The van der Waals surface area contributed by atoms with Gasteiger partial charge in [0.2, 0.25) is 17.7 Å². The minimum atomic E-state index is -1.25. The number of ether oxygens (including phenoxy) is 2. The summed E-state index contributed by atoms with van der Waals surface area (Å²) in [5.74, 6) is -3.63. The fraction of sp³-hybridized carbons (Fsp3) is 0.718. The molecule has 1 heterocycles. The Morgan fingerprint density at radius 1 is 1.02 bits per heavy atom. The van der Waals surface area contributed by atoms with Crippen LogP contribution in [-0.4, -0.2) is 117 Å². The molecule has 1 aromatic rings. The van der Waals surface area contributed by atoms with Crippen molar-refractivity contribution in [3.05, 3.63) is 35.9 Å². The number of Topliss-reactive ketones (excluding diaryl/α,β-unsaturated/α-hetero) is 1. The Kier molecular flexibility index (Phi) is 17.4. The van der Waals surface area contributed by atoms with E-state index in [-0.39, 0.29) is 42.3 Å². The zero-order valence-corrected chi connectivity index (χ0v) is 33.2.